The van der Waals surface area contributed by atoms with E-state index in [9.17, 15) is 4.79 Å². The third-order valence-corrected chi connectivity index (χ3v) is 3.44. The van der Waals surface area contributed by atoms with Crippen LogP contribution < -0.4 is 10.1 Å². The number of carbonyl (C=O) groups excluding carboxylic acids is 1. The zero-order valence-electron chi connectivity index (χ0n) is 12.2. The summed E-state index contributed by atoms with van der Waals surface area (Å²) in [5.41, 5.74) is 3.45. The molecule has 0 fully saturated rings. The van der Waals surface area contributed by atoms with E-state index in [2.05, 4.69) is 10.3 Å². The molecule has 0 aliphatic carbocycles. The molecule has 1 amide bonds. The molecule has 0 aliphatic rings. The molecule has 4 nitrogen and oxygen atoms in total. The monoisotopic (exact) mass is 304 g/mol. The first-order valence-electron chi connectivity index (χ1n) is 6.55. The van der Waals surface area contributed by atoms with Crippen molar-refractivity contribution in [2.75, 3.05) is 12.4 Å². The molecule has 110 valence electrons. The van der Waals surface area contributed by atoms with Crippen molar-refractivity contribution in [3.05, 3.63) is 52.3 Å². The van der Waals surface area contributed by atoms with Crippen LogP contribution in [0.5, 0.6) is 5.75 Å². The molecule has 0 unspecified atom stereocenters. The van der Waals surface area contributed by atoms with Crippen LogP contribution >= 0.6 is 11.6 Å². The minimum atomic E-state index is -0.0927. The molecule has 2 aromatic rings. The van der Waals surface area contributed by atoms with Crippen LogP contribution in [0.15, 0.2) is 30.5 Å². The van der Waals surface area contributed by atoms with Crippen LogP contribution in [0.25, 0.3) is 0 Å². The lowest BCUT2D eigenvalue weighted by molar-refractivity contribution is -0.115. The maximum absolute atomic E-state index is 12.1. The fraction of sp³-hybridized carbons (Fsp3) is 0.250. The standard InChI is InChI=1S/C16H17ClN2O2/c1-10-6-15(21-3)14(17)8-12(10)9-16(20)19-13-4-5-18-11(2)7-13/h4-8H,9H2,1-3H3,(H,18,19,20). The Morgan fingerprint density at radius 2 is 2.10 bits per heavy atom. The van der Waals surface area contributed by atoms with E-state index in [1.807, 2.05) is 26.0 Å². The van der Waals surface area contributed by atoms with E-state index in [-0.39, 0.29) is 12.3 Å². The predicted octanol–water partition coefficient (Wildman–Crippen LogP) is 3.54. The lowest BCUT2D eigenvalue weighted by atomic mass is 10.0. The third-order valence-electron chi connectivity index (χ3n) is 3.14. The molecule has 0 atom stereocenters. The molecule has 2 rings (SSSR count). The summed E-state index contributed by atoms with van der Waals surface area (Å²) in [5, 5.41) is 3.36. The first kappa shape index (κ1) is 15.3. The van der Waals surface area contributed by atoms with Gasteiger partial charge in [0.05, 0.1) is 18.6 Å². The number of rotatable bonds is 4. The zero-order chi connectivity index (χ0) is 15.4. The second-order valence-electron chi connectivity index (χ2n) is 4.82. The number of anilines is 1. The Bertz CT molecular complexity index is 671. The number of amides is 1. The Kier molecular flexibility index (Phi) is 4.81. The van der Waals surface area contributed by atoms with Crippen molar-refractivity contribution in [3.63, 3.8) is 0 Å². The number of aromatic nitrogens is 1. The van der Waals surface area contributed by atoms with E-state index in [1.54, 1.807) is 25.4 Å². The van der Waals surface area contributed by atoms with Gasteiger partial charge < -0.3 is 10.1 Å². The highest BCUT2D eigenvalue weighted by Gasteiger charge is 2.10. The Balaban J connectivity index is 2.11. The third kappa shape index (κ3) is 3.95. The number of methoxy groups -OCH3 is 1. The highest BCUT2D eigenvalue weighted by Crippen LogP contribution is 2.28. The fourth-order valence-corrected chi connectivity index (χ4v) is 2.31. The van der Waals surface area contributed by atoms with Crippen molar-refractivity contribution >= 4 is 23.2 Å². The van der Waals surface area contributed by atoms with Crippen LogP contribution in [0.4, 0.5) is 5.69 Å². The van der Waals surface area contributed by atoms with Crippen LogP contribution in [0.3, 0.4) is 0 Å². The summed E-state index contributed by atoms with van der Waals surface area (Å²) in [6.45, 7) is 3.81. The van der Waals surface area contributed by atoms with E-state index in [1.165, 1.54) is 0 Å². The van der Waals surface area contributed by atoms with Gasteiger partial charge in [-0.3, -0.25) is 9.78 Å². The predicted molar refractivity (Wildman–Crippen MR) is 84.0 cm³/mol. The quantitative estimate of drug-likeness (QED) is 0.940. The number of nitrogens with zero attached hydrogens (tertiary/aromatic N) is 1. The van der Waals surface area contributed by atoms with Gasteiger partial charge >= 0.3 is 0 Å². The van der Waals surface area contributed by atoms with Crippen molar-refractivity contribution in [3.8, 4) is 5.75 Å². The van der Waals surface area contributed by atoms with Crippen molar-refractivity contribution < 1.29 is 9.53 Å². The maximum Gasteiger partial charge on any atom is 0.228 e. The molecule has 1 aromatic heterocycles. The average Bonchev–Trinajstić information content (AvgIpc) is 2.42. The van der Waals surface area contributed by atoms with E-state index in [0.717, 1.165) is 22.5 Å². The van der Waals surface area contributed by atoms with Gasteiger partial charge in [0, 0.05) is 17.6 Å². The van der Waals surface area contributed by atoms with Crippen molar-refractivity contribution in [2.24, 2.45) is 0 Å². The number of ether oxygens (including phenoxy) is 1. The van der Waals surface area contributed by atoms with Gasteiger partial charge in [0.25, 0.3) is 0 Å². The summed E-state index contributed by atoms with van der Waals surface area (Å²) in [6, 6.07) is 7.19. The first-order valence-corrected chi connectivity index (χ1v) is 6.93. The Labute approximate surface area is 129 Å². The van der Waals surface area contributed by atoms with Crippen LogP contribution in [0.1, 0.15) is 16.8 Å². The van der Waals surface area contributed by atoms with Gasteiger partial charge in [-0.05, 0) is 49.2 Å². The number of benzene rings is 1. The lowest BCUT2D eigenvalue weighted by Gasteiger charge is -2.11. The second-order valence-corrected chi connectivity index (χ2v) is 5.23. The Morgan fingerprint density at radius 3 is 2.76 bits per heavy atom. The highest BCUT2D eigenvalue weighted by atomic mass is 35.5. The summed E-state index contributed by atoms with van der Waals surface area (Å²) in [4.78, 5) is 16.2. The molecule has 0 saturated heterocycles. The van der Waals surface area contributed by atoms with Crippen LogP contribution in [0.2, 0.25) is 5.02 Å². The zero-order valence-corrected chi connectivity index (χ0v) is 13.0. The normalized spacial score (nSPS) is 10.3. The highest BCUT2D eigenvalue weighted by molar-refractivity contribution is 6.32. The van der Waals surface area contributed by atoms with Gasteiger partial charge in [0.1, 0.15) is 5.75 Å². The SMILES string of the molecule is COc1cc(C)c(CC(=O)Nc2ccnc(C)c2)cc1Cl. The van der Waals surface area contributed by atoms with Crippen LogP contribution in [-0.4, -0.2) is 18.0 Å². The van der Waals surface area contributed by atoms with Gasteiger partial charge in [-0.1, -0.05) is 11.6 Å². The second kappa shape index (κ2) is 6.59. The fourth-order valence-electron chi connectivity index (χ4n) is 2.04. The van der Waals surface area contributed by atoms with E-state index >= 15 is 0 Å². The summed E-state index contributed by atoms with van der Waals surface area (Å²) < 4.78 is 5.16. The molecule has 0 radical (unpaired) electrons. The van der Waals surface area contributed by atoms with Crippen LogP contribution in [-0.2, 0) is 11.2 Å². The minimum absolute atomic E-state index is 0.0927. The van der Waals surface area contributed by atoms with E-state index in [0.29, 0.717) is 10.8 Å². The van der Waals surface area contributed by atoms with Crippen molar-refractivity contribution in [1.82, 2.24) is 4.98 Å². The largest absolute Gasteiger partial charge is 0.495 e. The van der Waals surface area contributed by atoms with Crippen LogP contribution in [0, 0.1) is 13.8 Å². The molecule has 1 heterocycles. The topological polar surface area (TPSA) is 51.2 Å². The molecule has 0 bridgehead atoms. The summed E-state index contributed by atoms with van der Waals surface area (Å²) in [5.74, 6) is 0.521. The lowest BCUT2D eigenvalue weighted by Crippen LogP contribution is -2.15. The average molecular weight is 305 g/mol. The molecular formula is C16H17ClN2O2. The molecule has 5 heteroatoms. The number of carbonyl (C=O) groups is 1. The Hall–Kier alpha value is -2.07. The number of nitrogens with one attached hydrogen (secondary N) is 1. The molecule has 21 heavy (non-hydrogen) atoms. The summed E-state index contributed by atoms with van der Waals surface area (Å²) in [6.07, 6.45) is 1.93. The first-order chi connectivity index (χ1) is 9.99. The smallest absolute Gasteiger partial charge is 0.228 e. The molecule has 0 aliphatic heterocycles. The van der Waals surface area contributed by atoms with Crippen molar-refractivity contribution in [2.45, 2.75) is 20.3 Å². The molecule has 0 saturated carbocycles. The maximum atomic E-state index is 12.1. The van der Waals surface area contributed by atoms with Gasteiger partial charge in [0.15, 0.2) is 0 Å². The van der Waals surface area contributed by atoms with Gasteiger partial charge in [0.2, 0.25) is 5.91 Å². The summed E-state index contributed by atoms with van der Waals surface area (Å²) >= 11 is 6.10. The summed E-state index contributed by atoms with van der Waals surface area (Å²) in [7, 11) is 1.57. The van der Waals surface area contributed by atoms with E-state index in [4.69, 9.17) is 16.3 Å². The minimum Gasteiger partial charge on any atom is -0.495 e. The van der Waals surface area contributed by atoms with Gasteiger partial charge in [-0.25, -0.2) is 0 Å². The number of halogens is 1. The van der Waals surface area contributed by atoms with Gasteiger partial charge in [-0.2, -0.15) is 0 Å². The van der Waals surface area contributed by atoms with Crippen molar-refractivity contribution in [1.29, 1.82) is 0 Å². The number of hydrogen-bond acceptors (Lipinski definition) is 3. The number of hydrogen-bond donors (Lipinski definition) is 1. The number of pyridine rings is 1. The molecular weight excluding hydrogens is 288 g/mol. The molecule has 1 aromatic carbocycles. The van der Waals surface area contributed by atoms with Gasteiger partial charge in [-0.15, -0.1) is 0 Å². The molecule has 0 spiro atoms. The number of aryl methyl sites for hydroxylation is 2. The Morgan fingerprint density at radius 1 is 1.33 bits per heavy atom. The van der Waals surface area contributed by atoms with E-state index < -0.39 is 0 Å². The molecule has 1 N–H and O–H groups in total.